The van der Waals surface area contributed by atoms with Crippen LogP contribution in [0.4, 0.5) is 0 Å². The molecule has 0 amide bonds. The van der Waals surface area contributed by atoms with E-state index in [1.807, 2.05) is 36.6 Å². The molecule has 1 aromatic carbocycles. The second kappa shape index (κ2) is 7.14. The molecule has 0 saturated heterocycles. The van der Waals surface area contributed by atoms with Gasteiger partial charge in [0.1, 0.15) is 5.01 Å². The molecule has 1 unspecified atom stereocenters. The third-order valence-corrected chi connectivity index (χ3v) is 6.59. The van der Waals surface area contributed by atoms with Crippen LogP contribution in [0.2, 0.25) is 5.02 Å². The highest BCUT2D eigenvalue weighted by atomic mass is 35.5. The fourth-order valence-corrected chi connectivity index (χ4v) is 5.19. The van der Waals surface area contributed by atoms with Crippen molar-refractivity contribution in [2.45, 2.75) is 35.8 Å². The molecule has 2 nitrogen and oxygen atoms in total. The van der Waals surface area contributed by atoms with Crippen LogP contribution in [0.15, 0.2) is 29.2 Å². The minimum absolute atomic E-state index is 0.592. The van der Waals surface area contributed by atoms with E-state index < -0.39 is 0 Å². The van der Waals surface area contributed by atoms with E-state index in [0.29, 0.717) is 5.92 Å². The molecule has 0 radical (unpaired) electrons. The van der Waals surface area contributed by atoms with Gasteiger partial charge in [0, 0.05) is 22.2 Å². The smallest absolute Gasteiger partial charge is 0.103 e. The van der Waals surface area contributed by atoms with Gasteiger partial charge in [-0.3, -0.25) is 0 Å². The molecule has 112 valence electrons. The molecular weight excluding hydrogens is 320 g/mol. The van der Waals surface area contributed by atoms with Crippen molar-refractivity contribution >= 4 is 34.7 Å². The van der Waals surface area contributed by atoms with Crippen LogP contribution in [-0.2, 0) is 12.2 Å². The molecule has 21 heavy (non-hydrogen) atoms. The third kappa shape index (κ3) is 3.62. The first-order valence-electron chi connectivity index (χ1n) is 7.28. The number of thioether (sulfide) groups is 1. The van der Waals surface area contributed by atoms with Crippen LogP contribution in [0.5, 0.6) is 0 Å². The Balaban J connectivity index is 1.71. The van der Waals surface area contributed by atoms with Crippen LogP contribution in [-0.4, -0.2) is 18.6 Å². The van der Waals surface area contributed by atoms with Crippen molar-refractivity contribution in [2.24, 2.45) is 0 Å². The number of hydrogen-bond acceptors (Lipinski definition) is 4. The van der Waals surface area contributed by atoms with E-state index >= 15 is 0 Å². The quantitative estimate of drug-likeness (QED) is 0.798. The van der Waals surface area contributed by atoms with Gasteiger partial charge >= 0.3 is 0 Å². The standard InChI is InChI=1S/C16H19ClN2S2/c1-18-9-11-5-4-8-14-16(11)19-15(21-14)10-20-13-7-3-2-6-12(13)17/h2-3,6-7,11,18H,4-5,8-10H2,1H3. The van der Waals surface area contributed by atoms with E-state index in [1.54, 1.807) is 11.8 Å². The minimum atomic E-state index is 0.592. The molecule has 1 aliphatic rings. The Labute approximate surface area is 139 Å². The highest BCUT2D eigenvalue weighted by Crippen LogP contribution is 2.37. The molecule has 5 heteroatoms. The summed E-state index contributed by atoms with van der Waals surface area (Å²) in [5.41, 5.74) is 1.34. The zero-order valence-corrected chi connectivity index (χ0v) is 14.5. The summed E-state index contributed by atoms with van der Waals surface area (Å²) in [5, 5.41) is 5.35. The Bertz CT molecular complexity index is 612. The average molecular weight is 339 g/mol. The number of aryl methyl sites for hydroxylation is 1. The van der Waals surface area contributed by atoms with Crippen LogP contribution in [0, 0.1) is 0 Å². The first-order valence-corrected chi connectivity index (χ1v) is 9.46. The van der Waals surface area contributed by atoms with Crippen molar-refractivity contribution in [3.05, 3.63) is 44.9 Å². The van der Waals surface area contributed by atoms with Gasteiger partial charge in [0.25, 0.3) is 0 Å². The van der Waals surface area contributed by atoms with Gasteiger partial charge in [-0.1, -0.05) is 23.7 Å². The number of nitrogens with one attached hydrogen (secondary N) is 1. The Hall–Kier alpha value is -0.550. The van der Waals surface area contributed by atoms with Crippen LogP contribution in [0.1, 0.15) is 34.3 Å². The number of rotatable bonds is 5. The molecule has 2 aromatic rings. The van der Waals surface area contributed by atoms with Gasteiger partial charge in [0.15, 0.2) is 0 Å². The maximum absolute atomic E-state index is 6.21. The van der Waals surface area contributed by atoms with Crippen molar-refractivity contribution in [1.29, 1.82) is 0 Å². The van der Waals surface area contributed by atoms with Gasteiger partial charge in [-0.25, -0.2) is 4.98 Å². The average Bonchev–Trinajstić information content (AvgIpc) is 2.91. The zero-order valence-electron chi connectivity index (χ0n) is 12.1. The first kappa shape index (κ1) is 15.3. The lowest BCUT2D eigenvalue weighted by Gasteiger charge is -2.20. The molecule has 0 spiro atoms. The van der Waals surface area contributed by atoms with Crippen LogP contribution in [0.25, 0.3) is 0 Å². The lowest BCUT2D eigenvalue weighted by molar-refractivity contribution is 0.522. The number of aromatic nitrogens is 1. The van der Waals surface area contributed by atoms with E-state index in [4.69, 9.17) is 16.6 Å². The molecule has 1 atom stereocenters. The Morgan fingerprint density at radius 3 is 3.10 bits per heavy atom. The summed E-state index contributed by atoms with van der Waals surface area (Å²) in [6, 6.07) is 8.02. The third-order valence-electron chi connectivity index (χ3n) is 3.75. The molecule has 1 heterocycles. The normalized spacial score (nSPS) is 17.7. The number of halogens is 1. The van der Waals surface area contributed by atoms with E-state index in [1.165, 1.54) is 34.8 Å². The maximum Gasteiger partial charge on any atom is 0.103 e. The van der Waals surface area contributed by atoms with Gasteiger partial charge in [-0.15, -0.1) is 23.1 Å². The number of benzene rings is 1. The molecule has 1 N–H and O–H groups in total. The maximum atomic E-state index is 6.21. The molecule has 0 saturated carbocycles. The van der Waals surface area contributed by atoms with Crippen LogP contribution >= 0.6 is 34.7 Å². The fourth-order valence-electron chi connectivity index (χ4n) is 2.77. The summed E-state index contributed by atoms with van der Waals surface area (Å²) in [6.07, 6.45) is 3.75. The summed E-state index contributed by atoms with van der Waals surface area (Å²) < 4.78 is 0. The topological polar surface area (TPSA) is 24.9 Å². The summed E-state index contributed by atoms with van der Waals surface area (Å²) in [4.78, 5) is 7.54. The van der Waals surface area contributed by atoms with Crippen molar-refractivity contribution in [1.82, 2.24) is 10.3 Å². The van der Waals surface area contributed by atoms with Gasteiger partial charge in [0.05, 0.1) is 16.5 Å². The van der Waals surface area contributed by atoms with Gasteiger partial charge in [-0.05, 0) is 38.4 Å². The second-order valence-electron chi connectivity index (χ2n) is 5.28. The Morgan fingerprint density at radius 2 is 2.29 bits per heavy atom. The minimum Gasteiger partial charge on any atom is -0.319 e. The SMILES string of the molecule is CNCC1CCCc2sc(CSc3ccccc3Cl)nc21. The molecule has 0 fully saturated rings. The molecule has 1 aromatic heterocycles. The van der Waals surface area contributed by atoms with E-state index in [-0.39, 0.29) is 0 Å². The van der Waals surface area contributed by atoms with E-state index in [9.17, 15) is 0 Å². The molecule has 1 aliphatic carbocycles. The number of fused-ring (bicyclic) bond motifs is 1. The summed E-state index contributed by atoms with van der Waals surface area (Å²) in [5.74, 6) is 1.50. The fraction of sp³-hybridized carbons (Fsp3) is 0.438. The number of likely N-dealkylation sites (N-methyl/N-ethyl adjacent to an activating group) is 1. The Morgan fingerprint density at radius 1 is 1.43 bits per heavy atom. The van der Waals surface area contributed by atoms with Gasteiger partial charge < -0.3 is 5.32 Å². The van der Waals surface area contributed by atoms with Crippen molar-refractivity contribution in [3.8, 4) is 0 Å². The number of nitrogens with zero attached hydrogens (tertiary/aromatic N) is 1. The first-order chi connectivity index (χ1) is 10.3. The zero-order chi connectivity index (χ0) is 14.7. The molecular formula is C16H19ClN2S2. The van der Waals surface area contributed by atoms with Crippen molar-refractivity contribution < 1.29 is 0 Å². The molecule has 0 aliphatic heterocycles. The largest absolute Gasteiger partial charge is 0.319 e. The Kier molecular flexibility index (Phi) is 5.22. The predicted molar refractivity (Wildman–Crippen MR) is 92.7 cm³/mol. The van der Waals surface area contributed by atoms with Crippen molar-refractivity contribution in [3.63, 3.8) is 0 Å². The molecule has 0 bridgehead atoms. The van der Waals surface area contributed by atoms with Crippen LogP contribution < -0.4 is 5.32 Å². The number of thiazole rings is 1. The number of hydrogen-bond donors (Lipinski definition) is 1. The van der Waals surface area contributed by atoms with E-state index in [0.717, 1.165) is 22.2 Å². The summed E-state index contributed by atoms with van der Waals surface area (Å²) in [6.45, 7) is 1.04. The van der Waals surface area contributed by atoms with Gasteiger partial charge in [-0.2, -0.15) is 0 Å². The second-order valence-corrected chi connectivity index (χ2v) is 7.87. The van der Waals surface area contributed by atoms with Gasteiger partial charge in [0.2, 0.25) is 0 Å². The highest BCUT2D eigenvalue weighted by Gasteiger charge is 2.24. The van der Waals surface area contributed by atoms with Crippen molar-refractivity contribution in [2.75, 3.05) is 13.6 Å². The predicted octanol–water partition coefficient (Wildman–Crippen LogP) is 4.73. The lowest BCUT2D eigenvalue weighted by atomic mass is 9.91. The summed E-state index contributed by atoms with van der Waals surface area (Å²) in [7, 11) is 2.02. The monoisotopic (exact) mass is 338 g/mol. The van der Waals surface area contributed by atoms with E-state index in [2.05, 4.69) is 11.4 Å². The van der Waals surface area contributed by atoms with Crippen LogP contribution in [0.3, 0.4) is 0 Å². The highest BCUT2D eigenvalue weighted by molar-refractivity contribution is 7.98. The summed E-state index contributed by atoms with van der Waals surface area (Å²) >= 11 is 9.88. The molecule has 3 rings (SSSR count). The lowest BCUT2D eigenvalue weighted by Crippen LogP contribution is -2.21.